The van der Waals surface area contributed by atoms with Gasteiger partial charge in [0, 0.05) is 0 Å². The van der Waals surface area contributed by atoms with E-state index in [0.717, 1.165) is 21.7 Å². The van der Waals surface area contributed by atoms with E-state index in [1.807, 2.05) is 0 Å². The molecule has 1 aliphatic carbocycles. The van der Waals surface area contributed by atoms with Gasteiger partial charge in [-0.1, -0.05) is 0 Å². The summed E-state index contributed by atoms with van der Waals surface area (Å²) in [4.78, 5) is 2.31. The van der Waals surface area contributed by atoms with Crippen LogP contribution in [0, 0.1) is 17.8 Å². The first kappa shape index (κ1) is 21.7. The van der Waals surface area contributed by atoms with Crippen LogP contribution in [0.1, 0.15) is 40.0 Å². The third-order valence-corrected chi connectivity index (χ3v) is 16.7. The molecule has 1 nitrogen and oxygen atoms in total. The Morgan fingerprint density at radius 2 is 1.57 bits per heavy atom. The van der Waals surface area contributed by atoms with Crippen LogP contribution in [0.4, 0.5) is 5.69 Å². The van der Waals surface area contributed by atoms with Crippen LogP contribution in [0.2, 0.25) is 3.93 Å². The monoisotopic (exact) mass is 506 g/mol. The molecule has 1 saturated carbocycles. The van der Waals surface area contributed by atoms with Gasteiger partial charge in [-0.05, 0) is 0 Å². The summed E-state index contributed by atoms with van der Waals surface area (Å²) in [6.07, 6.45) is 4.22. The molecule has 30 heavy (non-hydrogen) atoms. The second-order valence-electron chi connectivity index (χ2n) is 9.79. The standard InChI is InChI=1S/C12H12N.C10H19.C6H5.Sn/c1-13(2)12-9-5-7-10-6-3-4-8-11(10)12;1-8(2)10-6-4-9(3)5-7-10;1-2-4-6-5-3-1;/h3-7,9H,1-2H3;6,8-10H,4-5,7H2,1-3H3;1-5H;/t;9-,10-;;/m.1../s1. The van der Waals surface area contributed by atoms with Crippen LogP contribution in [0.3, 0.4) is 0 Å². The molecule has 1 radical (unpaired) electrons. The van der Waals surface area contributed by atoms with E-state index in [4.69, 9.17) is 0 Å². The van der Waals surface area contributed by atoms with Crippen molar-refractivity contribution in [1.82, 2.24) is 0 Å². The van der Waals surface area contributed by atoms with E-state index in [2.05, 4.69) is 106 Å². The molecule has 157 valence electrons. The van der Waals surface area contributed by atoms with Crippen LogP contribution in [-0.2, 0) is 0 Å². The Bertz CT molecular complexity index is 973. The van der Waals surface area contributed by atoms with Gasteiger partial charge in [0.2, 0.25) is 0 Å². The maximum absolute atomic E-state index is 2.49. The van der Waals surface area contributed by atoms with Crippen molar-refractivity contribution in [2.24, 2.45) is 17.8 Å². The summed E-state index contributed by atoms with van der Waals surface area (Å²) in [5, 5.41) is 2.92. The summed E-state index contributed by atoms with van der Waals surface area (Å²) in [5.74, 6) is 2.48. The van der Waals surface area contributed by atoms with E-state index in [9.17, 15) is 0 Å². The third kappa shape index (κ3) is 4.28. The van der Waals surface area contributed by atoms with Crippen molar-refractivity contribution in [3.8, 4) is 0 Å². The Balaban J connectivity index is 1.96. The number of nitrogens with zero attached hydrogens (tertiary/aromatic N) is 1. The Kier molecular flexibility index (Phi) is 6.77. The van der Waals surface area contributed by atoms with Gasteiger partial charge >= 0.3 is 191 Å². The summed E-state index contributed by atoms with van der Waals surface area (Å²) in [5.41, 5.74) is 1.38. The molecule has 0 spiro atoms. The topological polar surface area (TPSA) is 3.24 Å². The van der Waals surface area contributed by atoms with Gasteiger partial charge in [-0.25, -0.2) is 0 Å². The molecule has 0 heterocycles. The molecule has 3 aromatic carbocycles. The van der Waals surface area contributed by atoms with E-state index >= 15 is 0 Å². The minimum atomic E-state index is -2.21. The molecule has 0 amide bonds. The van der Waals surface area contributed by atoms with Crippen molar-refractivity contribution in [1.29, 1.82) is 0 Å². The second kappa shape index (κ2) is 9.34. The minimum absolute atomic E-state index is 0.769. The molecule has 0 N–H and O–H groups in total. The Morgan fingerprint density at radius 1 is 0.867 bits per heavy atom. The van der Waals surface area contributed by atoms with Crippen molar-refractivity contribution < 1.29 is 0 Å². The molecular formula is C28H36NSn. The van der Waals surface area contributed by atoms with E-state index in [1.54, 1.807) is 7.16 Å². The molecule has 1 unspecified atom stereocenters. The summed E-state index contributed by atoms with van der Waals surface area (Å²) < 4.78 is 4.25. The summed E-state index contributed by atoms with van der Waals surface area (Å²) >= 11 is -2.21. The SMILES string of the molecule is CC(C)[C@H]1CC[C@H](C)C[CH]1[Sn]([c]1ccccc1)[c]1cccc2cccc(N(C)C)c12. The molecule has 0 bridgehead atoms. The van der Waals surface area contributed by atoms with Crippen molar-refractivity contribution >= 4 is 43.4 Å². The Morgan fingerprint density at radius 3 is 2.23 bits per heavy atom. The predicted octanol–water partition coefficient (Wildman–Crippen LogP) is 5.98. The average Bonchev–Trinajstić information content (AvgIpc) is 2.74. The number of benzene rings is 3. The van der Waals surface area contributed by atoms with Crippen LogP contribution in [-0.4, -0.2) is 33.9 Å². The average molecular weight is 505 g/mol. The van der Waals surface area contributed by atoms with Gasteiger partial charge in [0.05, 0.1) is 0 Å². The molecule has 2 heteroatoms. The second-order valence-corrected chi connectivity index (χ2v) is 17.5. The summed E-state index contributed by atoms with van der Waals surface area (Å²) in [6.45, 7) is 7.42. The van der Waals surface area contributed by atoms with Crippen molar-refractivity contribution in [2.45, 2.75) is 44.0 Å². The predicted molar refractivity (Wildman–Crippen MR) is 135 cm³/mol. The van der Waals surface area contributed by atoms with Crippen LogP contribution < -0.4 is 12.1 Å². The molecule has 1 fully saturated rings. The Labute approximate surface area is 190 Å². The number of anilines is 1. The Hall–Kier alpha value is -1.48. The molecule has 3 atom stereocenters. The first-order chi connectivity index (χ1) is 14.5. The fourth-order valence-electron chi connectivity index (χ4n) is 5.64. The zero-order chi connectivity index (χ0) is 21.3. The molecule has 0 saturated heterocycles. The molecular weight excluding hydrogens is 469 g/mol. The first-order valence-corrected chi connectivity index (χ1v) is 16.1. The van der Waals surface area contributed by atoms with Crippen LogP contribution in [0.15, 0.2) is 66.7 Å². The zero-order valence-electron chi connectivity index (χ0n) is 19.2. The van der Waals surface area contributed by atoms with E-state index in [-0.39, 0.29) is 0 Å². The number of fused-ring (bicyclic) bond motifs is 1. The summed E-state index contributed by atoms with van der Waals surface area (Å²) in [7, 11) is 4.38. The normalized spacial score (nSPS) is 22.0. The fraction of sp³-hybridized carbons (Fsp3) is 0.429. The molecule has 0 aliphatic heterocycles. The third-order valence-electron chi connectivity index (χ3n) is 7.13. The number of rotatable bonds is 5. The van der Waals surface area contributed by atoms with Crippen molar-refractivity contribution in [3.05, 3.63) is 66.7 Å². The van der Waals surface area contributed by atoms with Crippen molar-refractivity contribution in [2.75, 3.05) is 19.0 Å². The van der Waals surface area contributed by atoms with Gasteiger partial charge in [0.25, 0.3) is 0 Å². The van der Waals surface area contributed by atoms with E-state index in [0.29, 0.717) is 0 Å². The fourth-order valence-corrected chi connectivity index (χ4v) is 17.4. The van der Waals surface area contributed by atoms with Gasteiger partial charge in [0.1, 0.15) is 0 Å². The maximum atomic E-state index is 2.49. The molecule has 1 aliphatic rings. The van der Waals surface area contributed by atoms with Gasteiger partial charge in [-0.15, -0.1) is 0 Å². The van der Waals surface area contributed by atoms with Gasteiger partial charge in [-0.3, -0.25) is 0 Å². The number of hydrogen-bond acceptors (Lipinski definition) is 1. The van der Waals surface area contributed by atoms with Gasteiger partial charge in [0.15, 0.2) is 0 Å². The molecule has 4 rings (SSSR count). The molecule has 3 aromatic rings. The zero-order valence-corrected chi connectivity index (χ0v) is 22.1. The van der Waals surface area contributed by atoms with Crippen LogP contribution in [0.25, 0.3) is 10.8 Å². The number of hydrogen-bond donors (Lipinski definition) is 0. The molecule has 0 aromatic heterocycles. The van der Waals surface area contributed by atoms with Crippen LogP contribution >= 0.6 is 0 Å². The van der Waals surface area contributed by atoms with E-state index in [1.165, 1.54) is 35.7 Å². The van der Waals surface area contributed by atoms with E-state index < -0.39 is 19.8 Å². The van der Waals surface area contributed by atoms with Gasteiger partial charge < -0.3 is 0 Å². The van der Waals surface area contributed by atoms with Crippen LogP contribution in [0.5, 0.6) is 0 Å². The quantitative estimate of drug-likeness (QED) is 0.386. The summed E-state index contributed by atoms with van der Waals surface area (Å²) in [6, 6.07) is 25.6. The van der Waals surface area contributed by atoms with Gasteiger partial charge in [-0.2, -0.15) is 0 Å². The first-order valence-electron chi connectivity index (χ1n) is 11.6. The van der Waals surface area contributed by atoms with Crippen molar-refractivity contribution in [3.63, 3.8) is 0 Å².